The summed E-state index contributed by atoms with van der Waals surface area (Å²) in [7, 11) is 1.38. The van der Waals surface area contributed by atoms with Crippen LogP contribution in [0.4, 0.5) is 0 Å². The Morgan fingerprint density at radius 1 is 0.722 bits per heavy atom. The molecule has 0 bridgehead atoms. The zero-order valence-corrected chi connectivity index (χ0v) is 20.4. The van der Waals surface area contributed by atoms with Crippen LogP contribution in [-0.2, 0) is 29.2 Å². The van der Waals surface area contributed by atoms with Gasteiger partial charge in [-0.05, 0) is 46.5 Å². The molecule has 1 N–H and O–H groups in total. The van der Waals surface area contributed by atoms with Gasteiger partial charge < -0.3 is 19.5 Å². The van der Waals surface area contributed by atoms with Crippen molar-refractivity contribution in [2.45, 2.75) is 25.9 Å². The Kier molecular flexibility index (Phi) is 9.26. The first-order chi connectivity index (χ1) is 17.7. The molecule has 5 nitrogen and oxygen atoms in total. The lowest BCUT2D eigenvalue weighted by atomic mass is 10.1. The van der Waals surface area contributed by atoms with E-state index in [4.69, 9.17) is 14.2 Å². The Balaban J connectivity index is 1.30. The molecule has 0 fully saturated rings. The van der Waals surface area contributed by atoms with Gasteiger partial charge in [0.1, 0.15) is 12.4 Å². The lowest BCUT2D eigenvalue weighted by molar-refractivity contribution is 0.0395. The summed E-state index contributed by atoms with van der Waals surface area (Å²) in [5.41, 5.74) is 4.97. The summed E-state index contributed by atoms with van der Waals surface area (Å²) in [4.78, 5) is 11.6. The third kappa shape index (κ3) is 7.54. The molecular formula is C31H31NO4. The van der Waals surface area contributed by atoms with Gasteiger partial charge in [-0.1, -0.05) is 84.9 Å². The van der Waals surface area contributed by atoms with Gasteiger partial charge in [0.05, 0.1) is 25.4 Å². The van der Waals surface area contributed by atoms with Crippen LogP contribution in [0.5, 0.6) is 5.75 Å². The number of carbonyl (C=O) groups is 1. The van der Waals surface area contributed by atoms with E-state index in [1.165, 1.54) is 7.11 Å². The number of hydrogen-bond donors (Lipinski definition) is 1. The molecule has 0 radical (unpaired) electrons. The van der Waals surface area contributed by atoms with E-state index in [9.17, 15) is 4.79 Å². The van der Waals surface area contributed by atoms with E-state index < -0.39 is 0 Å². The third-order valence-electron chi connectivity index (χ3n) is 5.83. The van der Waals surface area contributed by atoms with Crippen molar-refractivity contribution in [1.29, 1.82) is 0 Å². The molecule has 36 heavy (non-hydrogen) atoms. The van der Waals surface area contributed by atoms with Crippen LogP contribution in [0.2, 0.25) is 0 Å². The van der Waals surface area contributed by atoms with Crippen molar-refractivity contribution in [1.82, 2.24) is 5.32 Å². The van der Waals surface area contributed by atoms with Crippen LogP contribution in [0.3, 0.4) is 0 Å². The standard InChI is InChI=1S/C31H31NO4/c1-34-31(33)28-16-12-24(13-17-28)20-32-21-30(27-10-6-3-7-11-27)36-23-26-14-18-29(19-15-26)35-22-25-8-4-2-5-9-25/h2-19,30,32H,20-23H2,1H3. The van der Waals surface area contributed by atoms with Gasteiger partial charge in [-0.2, -0.15) is 0 Å². The molecule has 4 aromatic carbocycles. The largest absolute Gasteiger partial charge is 0.489 e. The highest BCUT2D eigenvalue weighted by Crippen LogP contribution is 2.20. The molecule has 1 unspecified atom stereocenters. The highest BCUT2D eigenvalue weighted by molar-refractivity contribution is 5.89. The van der Waals surface area contributed by atoms with Gasteiger partial charge in [0, 0.05) is 13.1 Å². The van der Waals surface area contributed by atoms with E-state index >= 15 is 0 Å². The maximum atomic E-state index is 11.6. The lowest BCUT2D eigenvalue weighted by Crippen LogP contribution is -2.23. The Morgan fingerprint density at radius 2 is 1.33 bits per heavy atom. The van der Waals surface area contributed by atoms with Crippen molar-refractivity contribution in [3.8, 4) is 5.75 Å². The smallest absolute Gasteiger partial charge is 0.337 e. The number of nitrogens with one attached hydrogen (secondary N) is 1. The normalized spacial score (nSPS) is 11.6. The molecule has 1 atom stereocenters. The molecule has 0 spiro atoms. The molecular weight excluding hydrogens is 450 g/mol. The summed E-state index contributed by atoms with van der Waals surface area (Å²) in [6.07, 6.45) is -0.102. The van der Waals surface area contributed by atoms with Gasteiger partial charge in [0.15, 0.2) is 0 Å². The predicted octanol–water partition coefficient (Wildman–Crippen LogP) is 6.10. The summed E-state index contributed by atoms with van der Waals surface area (Å²) < 4.78 is 17.0. The Morgan fingerprint density at radius 3 is 2.00 bits per heavy atom. The minimum Gasteiger partial charge on any atom is -0.489 e. The Labute approximate surface area is 212 Å². The summed E-state index contributed by atoms with van der Waals surface area (Å²) in [6.45, 7) is 2.36. The van der Waals surface area contributed by atoms with Crippen LogP contribution in [-0.4, -0.2) is 19.6 Å². The van der Waals surface area contributed by atoms with Gasteiger partial charge in [-0.25, -0.2) is 4.79 Å². The fourth-order valence-electron chi connectivity index (χ4n) is 3.78. The lowest BCUT2D eigenvalue weighted by Gasteiger charge is -2.19. The van der Waals surface area contributed by atoms with Crippen molar-refractivity contribution in [3.05, 3.63) is 137 Å². The number of hydrogen-bond acceptors (Lipinski definition) is 5. The molecule has 0 aliphatic carbocycles. The van der Waals surface area contributed by atoms with Gasteiger partial charge in [-0.15, -0.1) is 0 Å². The monoisotopic (exact) mass is 481 g/mol. The van der Waals surface area contributed by atoms with E-state index in [2.05, 4.69) is 29.6 Å². The average molecular weight is 482 g/mol. The van der Waals surface area contributed by atoms with Gasteiger partial charge in [0.25, 0.3) is 0 Å². The second kappa shape index (κ2) is 13.2. The van der Waals surface area contributed by atoms with E-state index in [0.717, 1.165) is 28.0 Å². The number of esters is 1. The average Bonchev–Trinajstić information content (AvgIpc) is 2.95. The number of carbonyl (C=O) groups excluding carboxylic acids is 1. The van der Waals surface area contributed by atoms with Crippen LogP contribution in [0.1, 0.15) is 38.7 Å². The van der Waals surface area contributed by atoms with Crippen LogP contribution < -0.4 is 10.1 Å². The quantitative estimate of drug-likeness (QED) is 0.248. The van der Waals surface area contributed by atoms with Crippen LogP contribution in [0, 0.1) is 0 Å². The summed E-state index contributed by atoms with van der Waals surface area (Å²) in [6, 6.07) is 35.8. The van der Waals surface area contributed by atoms with Crippen molar-refractivity contribution in [2.24, 2.45) is 0 Å². The predicted molar refractivity (Wildman–Crippen MR) is 141 cm³/mol. The van der Waals surface area contributed by atoms with Crippen LogP contribution in [0.25, 0.3) is 0 Å². The maximum Gasteiger partial charge on any atom is 0.337 e. The van der Waals surface area contributed by atoms with Crippen LogP contribution >= 0.6 is 0 Å². The molecule has 5 heteroatoms. The number of methoxy groups -OCH3 is 1. The first-order valence-corrected chi connectivity index (χ1v) is 12.0. The van der Waals surface area contributed by atoms with Gasteiger partial charge in [0.2, 0.25) is 0 Å². The molecule has 0 aliphatic rings. The highest BCUT2D eigenvalue weighted by Gasteiger charge is 2.12. The fourth-order valence-corrected chi connectivity index (χ4v) is 3.78. The second-order valence-electron chi connectivity index (χ2n) is 8.45. The van der Waals surface area contributed by atoms with Crippen molar-refractivity contribution in [2.75, 3.05) is 13.7 Å². The molecule has 184 valence electrons. The van der Waals surface area contributed by atoms with Crippen molar-refractivity contribution in [3.63, 3.8) is 0 Å². The first-order valence-electron chi connectivity index (χ1n) is 12.0. The number of rotatable bonds is 12. The minimum absolute atomic E-state index is 0.102. The maximum absolute atomic E-state index is 11.6. The molecule has 0 saturated carbocycles. The van der Waals surface area contributed by atoms with E-state index in [0.29, 0.717) is 31.9 Å². The molecule has 4 rings (SSSR count). The third-order valence-corrected chi connectivity index (χ3v) is 5.83. The first kappa shape index (κ1) is 25.2. The van der Waals surface area contributed by atoms with Crippen molar-refractivity contribution >= 4 is 5.97 Å². The van der Waals surface area contributed by atoms with Gasteiger partial charge >= 0.3 is 5.97 Å². The summed E-state index contributed by atoms with van der Waals surface area (Å²) in [5.74, 6) is 0.505. The molecule has 0 aromatic heterocycles. The fraction of sp³-hybridized carbons (Fsp3) is 0.194. The summed E-state index contributed by atoms with van der Waals surface area (Å²) >= 11 is 0. The van der Waals surface area contributed by atoms with Gasteiger partial charge in [-0.3, -0.25) is 0 Å². The SMILES string of the molecule is COC(=O)c1ccc(CNCC(OCc2ccc(OCc3ccccc3)cc2)c2ccccc2)cc1. The van der Waals surface area contributed by atoms with E-state index in [-0.39, 0.29) is 12.1 Å². The Bertz CT molecular complexity index is 1190. The molecule has 0 heterocycles. The highest BCUT2D eigenvalue weighted by atomic mass is 16.5. The Hall–Kier alpha value is -3.93. The zero-order chi connectivity index (χ0) is 25.0. The minimum atomic E-state index is -0.331. The van der Waals surface area contributed by atoms with E-state index in [1.54, 1.807) is 12.1 Å². The van der Waals surface area contributed by atoms with Crippen molar-refractivity contribution < 1.29 is 19.0 Å². The van der Waals surface area contributed by atoms with E-state index in [1.807, 2.05) is 72.8 Å². The molecule has 0 amide bonds. The zero-order valence-electron chi connectivity index (χ0n) is 20.4. The molecule has 4 aromatic rings. The van der Waals surface area contributed by atoms with Crippen LogP contribution in [0.15, 0.2) is 109 Å². The second-order valence-corrected chi connectivity index (χ2v) is 8.45. The molecule has 0 saturated heterocycles. The number of benzene rings is 4. The summed E-state index contributed by atoms with van der Waals surface area (Å²) in [5, 5.41) is 3.48. The molecule has 0 aliphatic heterocycles. The topological polar surface area (TPSA) is 56.8 Å². The number of ether oxygens (including phenoxy) is 3.